The fourth-order valence-corrected chi connectivity index (χ4v) is 4.55. The number of rotatable bonds is 6. The number of aromatic nitrogens is 1. The third kappa shape index (κ3) is 5.66. The summed E-state index contributed by atoms with van der Waals surface area (Å²) < 4.78 is 25.1. The van der Waals surface area contributed by atoms with Gasteiger partial charge in [-0.2, -0.15) is 0 Å². The number of nitrogens with zero attached hydrogens (tertiary/aromatic N) is 2. The van der Waals surface area contributed by atoms with Gasteiger partial charge in [-0.25, -0.2) is 4.39 Å². The number of benzene rings is 3. The van der Waals surface area contributed by atoms with E-state index in [-0.39, 0.29) is 24.2 Å². The van der Waals surface area contributed by atoms with Crippen LogP contribution < -0.4 is 4.74 Å². The highest BCUT2D eigenvalue weighted by molar-refractivity contribution is 5.94. The maximum absolute atomic E-state index is 13.4. The van der Waals surface area contributed by atoms with Crippen molar-refractivity contribution in [1.29, 1.82) is 0 Å². The highest BCUT2D eigenvalue weighted by Gasteiger charge is 2.24. The van der Waals surface area contributed by atoms with Gasteiger partial charge in [0.15, 0.2) is 0 Å². The maximum atomic E-state index is 13.4. The Balaban J connectivity index is 1.27. The number of ether oxygens (including phenoxy) is 2. The smallest absolute Gasteiger partial charge is 0.254 e. The normalized spacial score (nSPS) is 16.1. The summed E-state index contributed by atoms with van der Waals surface area (Å²) in [4.78, 5) is 19.5. The SMILES string of the molecule is O=C(c1cccc(OCc2cccc(F)c2)c1)N1CCOC[C@H](Cc2cccc3ccncc23)C1. The van der Waals surface area contributed by atoms with E-state index < -0.39 is 0 Å². The molecule has 35 heavy (non-hydrogen) atoms. The Labute approximate surface area is 204 Å². The molecule has 2 heterocycles. The predicted octanol–water partition coefficient (Wildman–Crippen LogP) is 5.28. The summed E-state index contributed by atoms with van der Waals surface area (Å²) >= 11 is 0. The molecule has 4 aromatic rings. The molecule has 1 atom stereocenters. The van der Waals surface area contributed by atoms with Gasteiger partial charge in [-0.15, -0.1) is 0 Å². The Hall–Kier alpha value is -3.77. The van der Waals surface area contributed by atoms with Crippen LogP contribution in [0.25, 0.3) is 10.8 Å². The summed E-state index contributed by atoms with van der Waals surface area (Å²) in [6.45, 7) is 2.51. The molecule has 178 valence electrons. The van der Waals surface area contributed by atoms with Gasteiger partial charge >= 0.3 is 0 Å². The number of hydrogen-bond donors (Lipinski definition) is 0. The first-order valence-corrected chi connectivity index (χ1v) is 11.8. The van der Waals surface area contributed by atoms with Gasteiger partial charge in [0.1, 0.15) is 18.2 Å². The summed E-state index contributed by atoms with van der Waals surface area (Å²) in [5, 5.41) is 2.30. The number of halogens is 1. The van der Waals surface area contributed by atoms with Gasteiger partial charge in [-0.05, 0) is 59.3 Å². The van der Waals surface area contributed by atoms with Crippen LogP contribution in [-0.4, -0.2) is 42.1 Å². The molecule has 1 aliphatic rings. The van der Waals surface area contributed by atoms with Crippen LogP contribution in [0.15, 0.2) is 85.2 Å². The van der Waals surface area contributed by atoms with Crippen molar-refractivity contribution in [3.63, 3.8) is 0 Å². The first kappa shape index (κ1) is 23.0. The van der Waals surface area contributed by atoms with Gasteiger partial charge < -0.3 is 14.4 Å². The lowest BCUT2D eigenvalue weighted by atomic mass is 9.95. The zero-order valence-corrected chi connectivity index (χ0v) is 19.4. The number of amides is 1. The molecule has 1 saturated heterocycles. The largest absolute Gasteiger partial charge is 0.489 e. The van der Waals surface area contributed by atoms with E-state index in [1.165, 1.54) is 17.7 Å². The number of carbonyl (C=O) groups excluding carboxylic acids is 1. The Kier molecular flexibility index (Phi) is 7.00. The molecule has 3 aromatic carbocycles. The molecule has 5 nitrogen and oxygen atoms in total. The van der Waals surface area contributed by atoms with Crippen LogP contribution in [0.4, 0.5) is 4.39 Å². The summed E-state index contributed by atoms with van der Waals surface area (Å²) in [7, 11) is 0. The minimum atomic E-state index is -0.298. The molecule has 1 amide bonds. The maximum Gasteiger partial charge on any atom is 0.254 e. The average Bonchev–Trinajstić information content (AvgIpc) is 3.13. The first-order valence-electron chi connectivity index (χ1n) is 11.8. The predicted molar refractivity (Wildman–Crippen MR) is 133 cm³/mol. The number of fused-ring (bicyclic) bond motifs is 1. The summed E-state index contributed by atoms with van der Waals surface area (Å²) in [6.07, 6.45) is 4.52. The zero-order chi connectivity index (χ0) is 24.0. The Morgan fingerprint density at radius 1 is 1.09 bits per heavy atom. The Morgan fingerprint density at radius 3 is 2.89 bits per heavy atom. The van der Waals surface area contributed by atoms with Crippen LogP contribution in [0.1, 0.15) is 21.5 Å². The Morgan fingerprint density at radius 2 is 1.97 bits per heavy atom. The monoisotopic (exact) mass is 470 g/mol. The van der Waals surface area contributed by atoms with Gasteiger partial charge in [-0.3, -0.25) is 9.78 Å². The van der Waals surface area contributed by atoms with E-state index in [1.54, 1.807) is 30.5 Å². The second kappa shape index (κ2) is 10.7. The van der Waals surface area contributed by atoms with Gasteiger partial charge in [0.2, 0.25) is 0 Å². The highest BCUT2D eigenvalue weighted by atomic mass is 19.1. The van der Waals surface area contributed by atoms with Crippen molar-refractivity contribution >= 4 is 16.7 Å². The molecule has 1 aliphatic heterocycles. The molecular weight excluding hydrogens is 443 g/mol. The summed E-state index contributed by atoms with van der Waals surface area (Å²) in [5.74, 6) is 0.412. The second-order valence-corrected chi connectivity index (χ2v) is 8.86. The molecule has 0 N–H and O–H groups in total. The highest BCUT2D eigenvalue weighted by Crippen LogP contribution is 2.23. The van der Waals surface area contributed by atoms with E-state index >= 15 is 0 Å². The van der Waals surface area contributed by atoms with Crippen LogP contribution in [0.2, 0.25) is 0 Å². The van der Waals surface area contributed by atoms with Crippen molar-refractivity contribution in [2.45, 2.75) is 13.0 Å². The summed E-state index contributed by atoms with van der Waals surface area (Å²) in [6, 6.07) is 21.8. The molecule has 6 heteroatoms. The van der Waals surface area contributed by atoms with Gasteiger partial charge in [0.25, 0.3) is 5.91 Å². The van der Waals surface area contributed by atoms with Crippen molar-refractivity contribution in [1.82, 2.24) is 9.88 Å². The van der Waals surface area contributed by atoms with Crippen molar-refractivity contribution in [3.05, 3.63) is 108 Å². The van der Waals surface area contributed by atoms with E-state index in [2.05, 4.69) is 23.2 Å². The molecule has 0 unspecified atom stereocenters. The second-order valence-electron chi connectivity index (χ2n) is 8.86. The third-order valence-corrected chi connectivity index (χ3v) is 6.28. The number of pyridine rings is 1. The van der Waals surface area contributed by atoms with E-state index in [4.69, 9.17) is 9.47 Å². The molecule has 0 radical (unpaired) electrons. The molecule has 5 rings (SSSR count). The quantitative estimate of drug-likeness (QED) is 0.385. The van der Waals surface area contributed by atoms with Crippen LogP contribution in [0, 0.1) is 11.7 Å². The van der Waals surface area contributed by atoms with E-state index in [0.29, 0.717) is 37.6 Å². The number of hydrogen-bond acceptors (Lipinski definition) is 4. The Bertz CT molecular complexity index is 1320. The topological polar surface area (TPSA) is 51.7 Å². The van der Waals surface area contributed by atoms with E-state index in [0.717, 1.165) is 22.8 Å². The first-order chi connectivity index (χ1) is 17.2. The molecule has 0 spiro atoms. The minimum absolute atomic E-state index is 0.0451. The van der Waals surface area contributed by atoms with Crippen molar-refractivity contribution in [2.24, 2.45) is 5.92 Å². The van der Waals surface area contributed by atoms with Crippen LogP contribution >= 0.6 is 0 Å². The van der Waals surface area contributed by atoms with Crippen molar-refractivity contribution in [2.75, 3.05) is 26.3 Å². The number of carbonyl (C=O) groups is 1. The van der Waals surface area contributed by atoms with E-state index in [1.807, 2.05) is 29.3 Å². The zero-order valence-electron chi connectivity index (χ0n) is 19.4. The van der Waals surface area contributed by atoms with Gasteiger partial charge in [0.05, 0.1) is 13.2 Å². The van der Waals surface area contributed by atoms with E-state index in [9.17, 15) is 9.18 Å². The average molecular weight is 471 g/mol. The molecule has 0 saturated carbocycles. The molecular formula is C29H27FN2O3. The van der Waals surface area contributed by atoms with Crippen molar-refractivity contribution in [3.8, 4) is 5.75 Å². The van der Waals surface area contributed by atoms with Crippen molar-refractivity contribution < 1.29 is 18.7 Å². The molecule has 1 aromatic heterocycles. The third-order valence-electron chi connectivity index (χ3n) is 6.28. The van der Waals surface area contributed by atoms with Gasteiger partial charge in [0, 0.05) is 42.4 Å². The van der Waals surface area contributed by atoms with Crippen LogP contribution in [-0.2, 0) is 17.8 Å². The molecule has 1 fully saturated rings. The standard InChI is InChI=1S/C29H27FN2O3/c30-26-8-1-4-21(15-26)20-35-27-9-3-7-25(16-27)29(33)32-12-13-34-19-22(18-32)14-24-6-2-5-23-10-11-31-17-28(23)24/h1-11,15-17,22H,12-14,18-20H2/t22-/m1/s1. The lowest BCUT2D eigenvalue weighted by Gasteiger charge is -2.24. The minimum Gasteiger partial charge on any atom is -0.489 e. The lowest BCUT2D eigenvalue weighted by Crippen LogP contribution is -2.36. The fraction of sp³-hybridized carbons (Fsp3) is 0.241. The lowest BCUT2D eigenvalue weighted by molar-refractivity contribution is 0.0737. The fourth-order valence-electron chi connectivity index (χ4n) is 4.55. The molecule has 0 bridgehead atoms. The van der Waals surface area contributed by atoms with Gasteiger partial charge in [-0.1, -0.05) is 36.4 Å². The van der Waals surface area contributed by atoms with Crippen LogP contribution in [0.3, 0.4) is 0 Å². The molecule has 0 aliphatic carbocycles. The van der Waals surface area contributed by atoms with Crippen LogP contribution in [0.5, 0.6) is 5.75 Å². The summed E-state index contributed by atoms with van der Waals surface area (Å²) in [5.41, 5.74) is 2.51.